The molecule has 0 saturated heterocycles. The molecule has 0 fully saturated rings. The Morgan fingerprint density at radius 2 is 2.33 bits per heavy atom. The van der Waals surface area contributed by atoms with E-state index in [4.69, 9.17) is 4.74 Å². The van der Waals surface area contributed by atoms with Gasteiger partial charge in [0.05, 0.1) is 7.11 Å². The van der Waals surface area contributed by atoms with Crippen molar-refractivity contribution in [2.45, 2.75) is 25.8 Å². The lowest BCUT2D eigenvalue weighted by Crippen LogP contribution is -2.24. The Hall–Kier alpha value is -0.870. The van der Waals surface area contributed by atoms with E-state index < -0.39 is 10.8 Å². The number of hydrogen-bond acceptors (Lipinski definition) is 3. The van der Waals surface area contributed by atoms with Gasteiger partial charge >= 0.3 is 0 Å². The van der Waals surface area contributed by atoms with Crippen molar-refractivity contribution >= 4 is 10.8 Å². The maximum atomic E-state index is 11.4. The van der Waals surface area contributed by atoms with Gasteiger partial charge in [-0.3, -0.25) is 4.21 Å². The number of aryl methyl sites for hydroxylation is 1. The zero-order valence-electron chi connectivity index (χ0n) is 11.1. The molecule has 1 aromatic rings. The van der Waals surface area contributed by atoms with Gasteiger partial charge in [0, 0.05) is 34.9 Å². The summed E-state index contributed by atoms with van der Waals surface area (Å²) >= 11 is 0. The summed E-state index contributed by atoms with van der Waals surface area (Å²) in [6.07, 6.45) is 2.25. The Morgan fingerprint density at radius 1 is 1.50 bits per heavy atom. The molecule has 0 aromatic heterocycles. The summed E-state index contributed by atoms with van der Waals surface area (Å²) in [6, 6.07) is 6.69. The van der Waals surface area contributed by atoms with Gasteiger partial charge in [-0.25, -0.2) is 0 Å². The monoisotopic (exact) mass is 267 g/mol. The Balaban J connectivity index is 1.95. The highest BCUT2D eigenvalue weighted by atomic mass is 32.2. The minimum Gasteiger partial charge on any atom is -0.497 e. The normalized spacial score (nSPS) is 19.6. The molecule has 1 aliphatic carbocycles. The van der Waals surface area contributed by atoms with E-state index in [0.717, 1.165) is 36.6 Å². The van der Waals surface area contributed by atoms with Gasteiger partial charge in [0.15, 0.2) is 0 Å². The number of hydrogen-bond donors (Lipinski definition) is 1. The number of fused-ring (bicyclic) bond motifs is 1. The first kappa shape index (κ1) is 13.6. The van der Waals surface area contributed by atoms with Gasteiger partial charge in [-0.1, -0.05) is 13.0 Å². The van der Waals surface area contributed by atoms with Crippen LogP contribution in [0, 0.1) is 0 Å². The number of methoxy groups -OCH3 is 1. The molecule has 0 saturated carbocycles. The third-order valence-corrected chi connectivity index (χ3v) is 4.78. The molecule has 3 nitrogen and oxygen atoms in total. The van der Waals surface area contributed by atoms with E-state index in [-0.39, 0.29) is 0 Å². The van der Waals surface area contributed by atoms with Crippen molar-refractivity contribution in [2.24, 2.45) is 0 Å². The van der Waals surface area contributed by atoms with E-state index in [1.54, 1.807) is 7.11 Å². The quantitative estimate of drug-likeness (QED) is 0.857. The first-order chi connectivity index (χ1) is 8.74. The molecule has 1 aromatic carbocycles. The van der Waals surface area contributed by atoms with Gasteiger partial charge in [0.25, 0.3) is 0 Å². The molecular weight excluding hydrogens is 246 g/mol. The van der Waals surface area contributed by atoms with E-state index in [2.05, 4.69) is 17.4 Å². The standard InChI is InChI=1S/C14H21NO2S/c1-3-18(16)9-8-15-14-7-5-11-4-6-12(17-2)10-13(11)14/h4,6,10,14-15H,3,5,7-9H2,1-2H3. The maximum absolute atomic E-state index is 11.4. The predicted octanol–water partition coefficient (Wildman–Crippen LogP) is 2.04. The van der Waals surface area contributed by atoms with Crippen LogP contribution in [-0.2, 0) is 17.2 Å². The Kier molecular flexibility index (Phi) is 4.78. The van der Waals surface area contributed by atoms with Crippen LogP contribution in [0.2, 0.25) is 0 Å². The molecule has 0 bridgehead atoms. The van der Waals surface area contributed by atoms with Crippen molar-refractivity contribution in [3.63, 3.8) is 0 Å². The third-order valence-electron chi connectivity index (χ3n) is 3.47. The molecule has 2 rings (SSSR count). The van der Waals surface area contributed by atoms with Gasteiger partial charge in [-0.05, 0) is 36.1 Å². The molecule has 0 radical (unpaired) electrons. The topological polar surface area (TPSA) is 38.3 Å². The maximum Gasteiger partial charge on any atom is 0.119 e. The average Bonchev–Trinajstić information content (AvgIpc) is 2.81. The van der Waals surface area contributed by atoms with Crippen LogP contribution in [0.15, 0.2) is 18.2 Å². The third kappa shape index (κ3) is 3.12. The molecule has 0 aliphatic heterocycles. The summed E-state index contributed by atoms with van der Waals surface area (Å²) in [5.74, 6) is 2.41. The molecule has 0 amide bonds. The second-order valence-corrected chi connectivity index (χ2v) is 6.41. The summed E-state index contributed by atoms with van der Waals surface area (Å²) in [6.45, 7) is 2.79. The summed E-state index contributed by atoms with van der Waals surface area (Å²) in [7, 11) is 1.02. The van der Waals surface area contributed by atoms with Crippen molar-refractivity contribution in [3.05, 3.63) is 29.3 Å². The zero-order valence-corrected chi connectivity index (χ0v) is 11.9. The number of nitrogens with one attached hydrogen (secondary N) is 1. The molecule has 2 unspecified atom stereocenters. The molecule has 100 valence electrons. The Bertz CT molecular complexity index is 434. The fourth-order valence-electron chi connectivity index (χ4n) is 2.41. The minimum atomic E-state index is -0.678. The SMILES string of the molecule is CCS(=O)CCNC1CCc2ccc(OC)cc21. The second kappa shape index (κ2) is 6.34. The van der Waals surface area contributed by atoms with Crippen molar-refractivity contribution in [3.8, 4) is 5.75 Å². The number of ether oxygens (including phenoxy) is 1. The van der Waals surface area contributed by atoms with Crippen LogP contribution >= 0.6 is 0 Å². The van der Waals surface area contributed by atoms with Crippen molar-refractivity contribution < 1.29 is 8.95 Å². The molecule has 2 atom stereocenters. The summed E-state index contributed by atoms with van der Waals surface area (Å²) in [5.41, 5.74) is 2.75. The van der Waals surface area contributed by atoms with Crippen LogP contribution in [0.1, 0.15) is 30.5 Å². The number of benzene rings is 1. The van der Waals surface area contributed by atoms with E-state index >= 15 is 0 Å². The lowest BCUT2D eigenvalue weighted by Gasteiger charge is -2.14. The lowest BCUT2D eigenvalue weighted by molar-refractivity contribution is 0.413. The highest BCUT2D eigenvalue weighted by molar-refractivity contribution is 7.84. The highest BCUT2D eigenvalue weighted by Crippen LogP contribution is 2.33. The second-order valence-electron chi connectivity index (χ2n) is 4.54. The molecule has 0 heterocycles. The van der Waals surface area contributed by atoms with Crippen LogP contribution in [-0.4, -0.2) is 29.4 Å². The molecule has 4 heteroatoms. The minimum absolute atomic E-state index is 0.393. The van der Waals surface area contributed by atoms with Crippen molar-refractivity contribution in [1.82, 2.24) is 5.32 Å². The highest BCUT2D eigenvalue weighted by Gasteiger charge is 2.22. The van der Waals surface area contributed by atoms with Gasteiger partial charge in [-0.2, -0.15) is 0 Å². The fourth-order valence-corrected chi connectivity index (χ4v) is 3.04. The van der Waals surface area contributed by atoms with E-state index in [1.807, 2.05) is 13.0 Å². The zero-order chi connectivity index (χ0) is 13.0. The van der Waals surface area contributed by atoms with Gasteiger partial charge in [-0.15, -0.1) is 0 Å². The smallest absolute Gasteiger partial charge is 0.119 e. The summed E-state index contributed by atoms with van der Waals surface area (Å²) in [4.78, 5) is 0. The average molecular weight is 267 g/mol. The largest absolute Gasteiger partial charge is 0.497 e. The van der Waals surface area contributed by atoms with Gasteiger partial charge in [0.2, 0.25) is 0 Å². The van der Waals surface area contributed by atoms with E-state index in [9.17, 15) is 4.21 Å². The van der Waals surface area contributed by atoms with Crippen LogP contribution < -0.4 is 10.1 Å². The van der Waals surface area contributed by atoms with Crippen molar-refractivity contribution in [1.29, 1.82) is 0 Å². The van der Waals surface area contributed by atoms with Crippen LogP contribution in [0.3, 0.4) is 0 Å². The molecule has 0 spiro atoms. The summed E-state index contributed by atoms with van der Waals surface area (Å²) in [5, 5.41) is 3.51. The molecule has 18 heavy (non-hydrogen) atoms. The van der Waals surface area contributed by atoms with Crippen LogP contribution in [0.4, 0.5) is 0 Å². The van der Waals surface area contributed by atoms with Crippen LogP contribution in [0.5, 0.6) is 5.75 Å². The van der Waals surface area contributed by atoms with Gasteiger partial charge < -0.3 is 10.1 Å². The number of rotatable bonds is 6. The predicted molar refractivity (Wildman–Crippen MR) is 75.6 cm³/mol. The summed E-state index contributed by atoms with van der Waals surface area (Å²) < 4.78 is 16.7. The van der Waals surface area contributed by atoms with E-state index in [1.165, 1.54) is 11.1 Å². The molecular formula is C14H21NO2S. The van der Waals surface area contributed by atoms with Gasteiger partial charge in [0.1, 0.15) is 5.75 Å². The van der Waals surface area contributed by atoms with Crippen LogP contribution in [0.25, 0.3) is 0 Å². The fraction of sp³-hybridized carbons (Fsp3) is 0.571. The first-order valence-electron chi connectivity index (χ1n) is 6.49. The lowest BCUT2D eigenvalue weighted by atomic mass is 10.1. The Labute approximate surface area is 111 Å². The Morgan fingerprint density at radius 3 is 3.06 bits per heavy atom. The van der Waals surface area contributed by atoms with E-state index in [0.29, 0.717) is 6.04 Å². The molecule has 1 N–H and O–H groups in total. The molecule has 1 aliphatic rings. The van der Waals surface area contributed by atoms with Crippen molar-refractivity contribution in [2.75, 3.05) is 25.2 Å². The first-order valence-corrected chi connectivity index (χ1v) is 7.98.